The molecule has 2 aromatic rings. The maximum absolute atomic E-state index is 12.1. The highest BCUT2D eigenvalue weighted by molar-refractivity contribution is 5.99. The van der Waals surface area contributed by atoms with Gasteiger partial charge in [-0.2, -0.15) is 0 Å². The number of hydroxylamine groups is 1. The van der Waals surface area contributed by atoms with Gasteiger partial charge in [-0.25, -0.2) is 5.48 Å². The average Bonchev–Trinajstić information content (AvgIpc) is 2.73. The van der Waals surface area contributed by atoms with Gasteiger partial charge in [-0.15, -0.1) is 0 Å². The van der Waals surface area contributed by atoms with E-state index in [-0.39, 0.29) is 18.1 Å². The molecule has 0 aliphatic carbocycles. The van der Waals surface area contributed by atoms with Crippen LogP contribution in [0.1, 0.15) is 21.5 Å². The summed E-state index contributed by atoms with van der Waals surface area (Å²) >= 11 is 0. The molecule has 2 aromatic carbocycles. The third kappa shape index (κ3) is 6.22. The van der Waals surface area contributed by atoms with Crippen molar-refractivity contribution < 1.29 is 24.6 Å². The van der Waals surface area contributed by atoms with Crippen molar-refractivity contribution >= 4 is 30.1 Å². The maximum atomic E-state index is 12.1. The standard InChI is InChI=1S/C21H20N2O5/c1-28-20-13-16(6-10-18(20)24)3-2-12-22-14-19(25)17-8-4-15(5-9-17)7-11-21(26)23-27/h2-13,24,27H,14H2,1H3,(H,23,26)/b3-2+,11-7+,22-12?. The lowest BCUT2D eigenvalue weighted by Gasteiger charge is -2.03. The van der Waals surface area contributed by atoms with Crippen LogP contribution in [0.4, 0.5) is 0 Å². The average molecular weight is 380 g/mol. The monoisotopic (exact) mass is 380 g/mol. The molecule has 3 N–H and O–H groups in total. The van der Waals surface area contributed by atoms with Gasteiger partial charge in [-0.3, -0.25) is 19.8 Å². The molecule has 0 bridgehead atoms. The summed E-state index contributed by atoms with van der Waals surface area (Å²) in [6.45, 7) is 0.00530. The number of amides is 1. The Morgan fingerprint density at radius 3 is 2.50 bits per heavy atom. The first-order valence-corrected chi connectivity index (χ1v) is 8.32. The molecule has 0 spiro atoms. The normalized spacial score (nSPS) is 11.4. The van der Waals surface area contributed by atoms with Gasteiger partial charge in [0.2, 0.25) is 0 Å². The van der Waals surface area contributed by atoms with Crippen LogP contribution in [0.15, 0.2) is 59.6 Å². The number of hydrogen-bond donors (Lipinski definition) is 3. The van der Waals surface area contributed by atoms with Crippen LogP contribution in [-0.2, 0) is 4.79 Å². The van der Waals surface area contributed by atoms with Crippen molar-refractivity contribution in [1.29, 1.82) is 0 Å². The molecule has 0 unspecified atom stereocenters. The lowest BCUT2D eigenvalue weighted by atomic mass is 10.1. The lowest BCUT2D eigenvalue weighted by Crippen LogP contribution is -2.14. The van der Waals surface area contributed by atoms with E-state index in [1.165, 1.54) is 37.0 Å². The number of aromatic hydroxyl groups is 1. The van der Waals surface area contributed by atoms with Crippen molar-refractivity contribution in [3.05, 3.63) is 71.3 Å². The molecule has 0 radical (unpaired) electrons. The van der Waals surface area contributed by atoms with E-state index in [9.17, 15) is 14.7 Å². The zero-order valence-electron chi connectivity index (χ0n) is 15.2. The first-order chi connectivity index (χ1) is 13.5. The third-order valence-electron chi connectivity index (χ3n) is 3.69. The van der Waals surface area contributed by atoms with Crippen LogP contribution in [-0.4, -0.2) is 41.9 Å². The molecule has 28 heavy (non-hydrogen) atoms. The van der Waals surface area contributed by atoms with Gasteiger partial charge in [0.05, 0.1) is 7.11 Å². The number of carbonyl (C=O) groups excluding carboxylic acids is 2. The largest absolute Gasteiger partial charge is 0.504 e. The highest BCUT2D eigenvalue weighted by atomic mass is 16.5. The number of methoxy groups -OCH3 is 1. The smallest absolute Gasteiger partial charge is 0.267 e. The third-order valence-corrected chi connectivity index (χ3v) is 3.69. The fourth-order valence-electron chi connectivity index (χ4n) is 2.23. The maximum Gasteiger partial charge on any atom is 0.267 e. The van der Waals surface area contributed by atoms with Crippen molar-refractivity contribution in [1.82, 2.24) is 5.48 Å². The Bertz CT molecular complexity index is 915. The van der Waals surface area contributed by atoms with Crippen LogP contribution in [0.2, 0.25) is 0 Å². The number of nitrogens with zero attached hydrogens (tertiary/aromatic N) is 1. The Kier molecular flexibility index (Phi) is 7.68. The number of benzene rings is 2. The van der Waals surface area contributed by atoms with Gasteiger partial charge < -0.3 is 9.84 Å². The summed E-state index contributed by atoms with van der Waals surface area (Å²) in [7, 11) is 1.48. The van der Waals surface area contributed by atoms with Gasteiger partial charge in [0.25, 0.3) is 5.91 Å². The number of phenolic OH excluding ortho intramolecular Hbond substituents is 1. The fourth-order valence-corrected chi connectivity index (χ4v) is 2.23. The first-order valence-electron chi connectivity index (χ1n) is 8.32. The number of carbonyl (C=O) groups is 2. The lowest BCUT2D eigenvalue weighted by molar-refractivity contribution is -0.124. The van der Waals surface area contributed by atoms with Crippen LogP contribution in [0, 0.1) is 0 Å². The van der Waals surface area contributed by atoms with Crippen LogP contribution < -0.4 is 10.2 Å². The fraction of sp³-hybridized carbons (Fsp3) is 0.0952. The van der Waals surface area contributed by atoms with Gasteiger partial charge >= 0.3 is 0 Å². The van der Waals surface area contributed by atoms with E-state index >= 15 is 0 Å². The Hall–Kier alpha value is -3.71. The topological polar surface area (TPSA) is 108 Å². The number of nitrogens with one attached hydrogen (secondary N) is 1. The van der Waals surface area contributed by atoms with Crippen molar-refractivity contribution in [3.8, 4) is 11.5 Å². The number of phenols is 1. The molecule has 144 valence electrons. The van der Waals surface area contributed by atoms with E-state index in [1.54, 1.807) is 48.6 Å². The molecule has 0 fully saturated rings. The van der Waals surface area contributed by atoms with Crippen LogP contribution in [0.3, 0.4) is 0 Å². The number of allylic oxidation sites excluding steroid dienone is 1. The molecule has 0 aliphatic heterocycles. The number of rotatable bonds is 8. The van der Waals surface area contributed by atoms with Gasteiger partial charge in [0, 0.05) is 17.9 Å². The minimum atomic E-state index is -0.631. The Morgan fingerprint density at radius 1 is 1.11 bits per heavy atom. The molecule has 7 nitrogen and oxygen atoms in total. The predicted molar refractivity (Wildman–Crippen MR) is 107 cm³/mol. The highest BCUT2D eigenvalue weighted by Gasteiger charge is 2.04. The second-order valence-electron chi connectivity index (χ2n) is 5.63. The molecule has 0 atom stereocenters. The Labute approximate surface area is 162 Å². The predicted octanol–water partition coefficient (Wildman–Crippen LogP) is 2.89. The molecule has 0 saturated heterocycles. The molecule has 0 heterocycles. The van der Waals surface area contributed by atoms with Gasteiger partial charge in [0.15, 0.2) is 17.3 Å². The number of hydrogen-bond acceptors (Lipinski definition) is 6. The van der Waals surface area contributed by atoms with Crippen molar-refractivity contribution in [2.45, 2.75) is 0 Å². The SMILES string of the molecule is COc1cc(/C=C/C=NCC(=O)c2ccc(/C=C/C(=O)NO)cc2)ccc1O. The highest BCUT2D eigenvalue weighted by Crippen LogP contribution is 2.26. The molecule has 2 rings (SSSR count). The summed E-state index contributed by atoms with van der Waals surface area (Å²) in [6, 6.07) is 11.6. The second kappa shape index (κ2) is 10.4. The summed E-state index contributed by atoms with van der Waals surface area (Å²) in [5.74, 6) is -0.325. The zero-order chi connectivity index (χ0) is 20.4. The number of Topliss-reactive ketones (excluding diaryl/α,β-unsaturated/α-hetero) is 1. The van der Waals surface area contributed by atoms with Crippen molar-refractivity contribution in [2.24, 2.45) is 4.99 Å². The van der Waals surface area contributed by atoms with Crippen molar-refractivity contribution in [2.75, 3.05) is 13.7 Å². The summed E-state index contributed by atoms with van der Waals surface area (Å²) < 4.78 is 5.04. The van der Waals surface area contributed by atoms with Gasteiger partial charge in [-0.05, 0) is 35.4 Å². The number of aliphatic imine (C=N–C) groups is 1. The van der Waals surface area contributed by atoms with Gasteiger partial charge in [-0.1, -0.05) is 36.4 Å². The van der Waals surface area contributed by atoms with E-state index < -0.39 is 5.91 Å². The summed E-state index contributed by atoms with van der Waals surface area (Å²) in [5, 5.41) is 18.0. The molecule has 0 saturated carbocycles. The molecule has 7 heteroatoms. The van der Waals surface area contributed by atoms with E-state index in [2.05, 4.69) is 4.99 Å². The molecule has 0 aromatic heterocycles. The summed E-state index contributed by atoms with van der Waals surface area (Å²) in [5.41, 5.74) is 3.55. The Balaban J connectivity index is 1.89. The van der Waals surface area contributed by atoms with E-state index in [0.29, 0.717) is 11.3 Å². The summed E-state index contributed by atoms with van der Waals surface area (Å²) in [4.78, 5) is 27.1. The second-order valence-corrected chi connectivity index (χ2v) is 5.63. The summed E-state index contributed by atoms with van der Waals surface area (Å²) in [6.07, 6.45) is 7.69. The van der Waals surface area contributed by atoms with Crippen LogP contribution in [0.25, 0.3) is 12.2 Å². The minimum Gasteiger partial charge on any atom is -0.504 e. The van der Waals surface area contributed by atoms with E-state index in [0.717, 1.165) is 11.1 Å². The first kappa shape index (κ1) is 20.6. The van der Waals surface area contributed by atoms with Crippen molar-refractivity contribution in [3.63, 3.8) is 0 Å². The minimum absolute atomic E-state index is 0.00530. The molecular weight excluding hydrogens is 360 g/mol. The van der Waals surface area contributed by atoms with E-state index in [4.69, 9.17) is 9.94 Å². The molecule has 0 aliphatic rings. The Morgan fingerprint density at radius 2 is 1.82 bits per heavy atom. The quantitative estimate of drug-likeness (QED) is 0.215. The molecular formula is C21H20N2O5. The van der Waals surface area contributed by atoms with Crippen LogP contribution >= 0.6 is 0 Å². The number of ether oxygens (including phenoxy) is 1. The molecule has 1 amide bonds. The van der Waals surface area contributed by atoms with Crippen LogP contribution in [0.5, 0.6) is 11.5 Å². The number of ketones is 1. The van der Waals surface area contributed by atoms with E-state index in [1.807, 2.05) is 0 Å². The van der Waals surface area contributed by atoms with Gasteiger partial charge in [0.1, 0.15) is 6.54 Å². The zero-order valence-corrected chi connectivity index (χ0v) is 15.2.